The molecule has 8 N–H and O–H groups in total. The monoisotopic (exact) mass is 778 g/mol. The molecule has 5 atom stereocenters. The predicted molar refractivity (Wildman–Crippen MR) is 220 cm³/mol. The minimum absolute atomic E-state index is 0.0260. The molecule has 4 aromatic rings. The number of aromatic nitrogens is 4. The lowest BCUT2D eigenvalue weighted by Gasteiger charge is -2.42. The summed E-state index contributed by atoms with van der Waals surface area (Å²) in [4.78, 5) is 17.9. The van der Waals surface area contributed by atoms with Crippen molar-refractivity contribution in [3.8, 4) is 17.9 Å². The first kappa shape index (κ1) is 41.1. The highest BCUT2D eigenvalue weighted by Crippen LogP contribution is 2.41. The van der Waals surface area contributed by atoms with E-state index >= 15 is 0 Å². The minimum atomic E-state index is -0.337. The summed E-state index contributed by atoms with van der Waals surface area (Å²) in [5, 5.41) is 50.3. The van der Waals surface area contributed by atoms with E-state index < -0.39 is 0 Å². The molecule has 2 saturated carbocycles. The first-order valence-electron chi connectivity index (χ1n) is 19.8. The third kappa shape index (κ3) is 10.8. The zero-order valence-electron chi connectivity index (χ0n) is 33.2. The second-order valence-electron chi connectivity index (χ2n) is 16.7. The summed E-state index contributed by atoms with van der Waals surface area (Å²) in [6.07, 6.45) is 7.97. The summed E-state index contributed by atoms with van der Waals surface area (Å²) in [6.45, 7) is 9.99. The molecule has 2 fully saturated rings. The number of anilines is 4. The summed E-state index contributed by atoms with van der Waals surface area (Å²) >= 11 is 0. The van der Waals surface area contributed by atoms with E-state index in [0.717, 1.165) is 49.0 Å². The van der Waals surface area contributed by atoms with Gasteiger partial charge in [-0.05, 0) is 73.9 Å². The first-order valence-corrected chi connectivity index (χ1v) is 19.8. The average Bonchev–Trinajstić information content (AvgIpc) is 3.18. The number of benzene rings is 2. The number of nitrogens with zero attached hydrogens (tertiary/aromatic N) is 6. The molecule has 0 saturated heterocycles. The van der Waals surface area contributed by atoms with Crippen molar-refractivity contribution in [3.05, 3.63) is 89.0 Å². The number of halogens is 1. The Morgan fingerprint density at radius 1 is 0.754 bits per heavy atom. The fraction of sp³-hybridized carbons (Fsp3) is 0.488. The maximum atomic E-state index is 13.3. The van der Waals surface area contributed by atoms with E-state index in [-0.39, 0.29) is 46.9 Å². The largest absolute Gasteiger partial charge is 0.493 e. The minimum Gasteiger partial charge on any atom is -0.493 e. The van der Waals surface area contributed by atoms with Crippen molar-refractivity contribution < 1.29 is 19.3 Å². The van der Waals surface area contributed by atoms with E-state index in [4.69, 9.17) is 14.9 Å². The van der Waals surface area contributed by atoms with Crippen LogP contribution in [-0.2, 0) is 12.8 Å². The van der Waals surface area contributed by atoms with Crippen LogP contribution in [0.1, 0.15) is 82.1 Å². The van der Waals surface area contributed by atoms with Crippen molar-refractivity contribution >= 4 is 23.5 Å². The zero-order valence-corrected chi connectivity index (χ0v) is 33.2. The Hall–Kier alpha value is -5.57. The van der Waals surface area contributed by atoms with Crippen LogP contribution < -0.4 is 26.0 Å². The average molecular weight is 779 g/mol. The molecule has 57 heavy (non-hydrogen) atoms. The number of rotatable bonds is 15. The standard InChI is InChI=1S/C43H53FN10O3/c1-42(2)20-33(11-14-36(42)55)51-38-30(22-45)24-49-40(53-38)48-18-16-28-7-12-35(13-8-28)57-26-29-19-34(21-43(3,4)37(29)56)52-39-31(23-46)25-50-41(54-39)47-17-15-27-5-9-32(44)10-6-27/h5-10,12-13,24-25,29,33-34,36-37,55-56H,11,14-21,26H2,1-4H3,(H2,47,50,52,54)(H2,48,49,51,53)/p+2/t29?,33-,34-,36+,37+/m1/s1. The van der Waals surface area contributed by atoms with Gasteiger partial charge < -0.3 is 36.2 Å². The topological polar surface area (TPSA) is 202 Å². The molecule has 2 aliphatic rings. The van der Waals surface area contributed by atoms with Crippen molar-refractivity contribution in [2.24, 2.45) is 16.7 Å². The summed E-state index contributed by atoms with van der Waals surface area (Å²) < 4.78 is 19.5. The highest BCUT2D eigenvalue weighted by atomic mass is 19.1. The van der Waals surface area contributed by atoms with Gasteiger partial charge in [0.2, 0.25) is 11.9 Å². The van der Waals surface area contributed by atoms with Crippen LogP contribution in [0.25, 0.3) is 0 Å². The Kier molecular flexibility index (Phi) is 13.1. The van der Waals surface area contributed by atoms with Crippen molar-refractivity contribution in [2.75, 3.05) is 41.0 Å². The number of nitriles is 2. The fourth-order valence-electron chi connectivity index (χ4n) is 7.97. The third-order valence-corrected chi connectivity index (χ3v) is 11.4. The van der Waals surface area contributed by atoms with Crippen LogP contribution in [0.4, 0.5) is 27.9 Å². The van der Waals surface area contributed by atoms with Crippen LogP contribution in [0, 0.1) is 45.2 Å². The summed E-state index contributed by atoms with van der Waals surface area (Å²) in [6, 6.07) is 18.9. The Balaban J connectivity index is 0.993. The SMILES string of the molecule is CC1(C)C[C@H](Nc2nc(NCCc3ccc(OCC4C[C@@H](Nc5nc(NCCc6ccc(F)cc6)ncc5C#N)CC(C)(C)[C@H]4[OH2+])cc3)ncc2C#N)CC[C@@H]1[OH2+]. The van der Waals surface area contributed by atoms with E-state index in [1.807, 2.05) is 24.3 Å². The van der Waals surface area contributed by atoms with Crippen LogP contribution in [0.15, 0.2) is 60.9 Å². The van der Waals surface area contributed by atoms with E-state index in [1.165, 1.54) is 18.3 Å². The van der Waals surface area contributed by atoms with Crippen molar-refractivity contribution in [1.29, 1.82) is 10.5 Å². The predicted octanol–water partition coefficient (Wildman–Crippen LogP) is 5.93. The van der Waals surface area contributed by atoms with E-state index in [0.29, 0.717) is 67.2 Å². The van der Waals surface area contributed by atoms with Crippen LogP contribution in [0.5, 0.6) is 5.75 Å². The van der Waals surface area contributed by atoms with Gasteiger partial charge in [-0.1, -0.05) is 52.0 Å². The van der Waals surface area contributed by atoms with Gasteiger partial charge in [-0.2, -0.15) is 20.5 Å². The van der Waals surface area contributed by atoms with Gasteiger partial charge in [-0.25, -0.2) is 14.4 Å². The molecule has 2 heterocycles. The molecule has 13 nitrogen and oxygen atoms in total. The number of hydrogen-bond acceptors (Lipinski definition) is 11. The molecular weight excluding hydrogens is 724 g/mol. The van der Waals surface area contributed by atoms with Gasteiger partial charge in [0.1, 0.15) is 46.5 Å². The molecule has 0 bridgehead atoms. The van der Waals surface area contributed by atoms with E-state index in [1.54, 1.807) is 18.3 Å². The lowest BCUT2D eigenvalue weighted by Crippen LogP contribution is -2.49. The zero-order chi connectivity index (χ0) is 40.6. The molecule has 1 unspecified atom stereocenters. The molecule has 300 valence electrons. The van der Waals surface area contributed by atoms with Crippen LogP contribution in [-0.4, -0.2) is 74.1 Å². The molecule has 2 aromatic heterocycles. The molecule has 0 aliphatic heterocycles. The van der Waals surface area contributed by atoms with Crippen LogP contribution >= 0.6 is 0 Å². The Morgan fingerprint density at radius 2 is 1.28 bits per heavy atom. The van der Waals surface area contributed by atoms with Gasteiger partial charge in [0.25, 0.3) is 0 Å². The summed E-state index contributed by atoms with van der Waals surface area (Å²) in [5.74, 6) is 2.25. The van der Waals surface area contributed by atoms with Gasteiger partial charge >= 0.3 is 0 Å². The maximum Gasteiger partial charge on any atom is 0.224 e. The van der Waals surface area contributed by atoms with Gasteiger partial charge in [0, 0.05) is 42.4 Å². The molecule has 14 heteroatoms. The molecule has 6 rings (SSSR count). The van der Waals surface area contributed by atoms with Crippen molar-refractivity contribution in [3.63, 3.8) is 0 Å². The van der Waals surface area contributed by atoms with Gasteiger partial charge in [-0.3, -0.25) is 0 Å². The highest BCUT2D eigenvalue weighted by molar-refractivity contribution is 5.55. The normalized spacial score (nSPS) is 22.4. The number of hydrogen-bond donors (Lipinski definition) is 4. The third-order valence-electron chi connectivity index (χ3n) is 11.4. The Morgan fingerprint density at radius 3 is 1.82 bits per heavy atom. The lowest BCUT2D eigenvalue weighted by molar-refractivity contribution is -0.0501. The molecule has 0 amide bonds. The summed E-state index contributed by atoms with van der Waals surface area (Å²) in [7, 11) is 0. The molecule has 0 spiro atoms. The van der Waals surface area contributed by atoms with Crippen LogP contribution in [0.3, 0.4) is 0 Å². The second-order valence-corrected chi connectivity index (χ2v) is 16.7. The fourth-order valence-corrected chi connectivity index (χ4v) is 7.97. The first-order chi connectivity index (χ1) is 27.3. The molecule has 2 aliphatic carbocycles. The Labute approximate surface area is 334 Å². The van der Waals surface area contributed by atoms with Crippen molar-refractivity contribution in [2.45, 2.75) is 96.9 Å². The second kappa shape index (κ2) is 18.1. The quantitative estimate of drug-likeness (QED) is 0.104. The van der Waals surface area contributed by atoms with E-state index in [2.05, 4.69) is 81.0 Å². The smallest absolute Gasteiger partial charge is 0.224 e. The van der Waals surface area contributed by atoms with Crippen LogP contribution in [0.2, 0.25) is 0 Å². The van der Waals surface area contributed by atoms with E-state index in [9.17, 15) is 14.9 Å². The molecule has 0 radical (unpaired) electrons. The lowest BCUT2D eigenvalue weighted by atomic mass is 9.68. The maximum absolute atomic E-state index is 13.3. The molecular formula is C43H55FN10O3+2. The van der Waals surface area contributed by atoms with Gasteiger partial charge in [0.15, 0.2) is 12.2 Å². The number of nitrogens with one attached hydrogen (secondary N) is 4. The van der Waals surface area contributed by atoms with Gasteiger partial charge in [0.05, 0.1) is 24.9 Å². The number of ether oxygens (including phenoxy) is 1. The van der Waals surface area contributed by atoms with Crippen molar-refractivity contribution in [1.82, 2.24) is 19.9 Å². The molecule has 2 aromatic carbocycles. The van der Waals surface area contributed by atoms with Gasteiger partial charge in [-0.15, -0.1) is 0 Å². The highest BCUT2D eigenvalue weighted by Gasteiger charge is 2.46. The Bertz CT molecular complexity index is 2050. The summed E-state index contributed by atoms with van der Waals surface area (Å²) in [5.41, 5.74) is 2.45.